The van der Waals surface area contributed by atoms with Gasteiger partial charge in [-0.25, -0.2) is 13.9 Å². The summed E-state index contributed by atoms with van der Waals surface area (Å²) >= 11 is 0. The van der Waals surface area contributed by atoms with Crippen LogP contribution in [-0.2, 0) is 9.59 Å². The first-order valence-corrected chi connectivity index (χ1v) is 12.4. The Morgan fingerprint density at radius 1 is 1.10 bits per heavy atom. The molecule has 1 atom stereocenters. The maximum atomic E-state index is 16.2. The summed E-state index contributed by atoms with van der Waals surface area (Å²) in [6, 6.07) is 5.40. The summed E-state index contributed by atoms with van der Waals surface area (Å²) in [5.74, 6) is -1.50. The Hall–Kier alpha value is -4.49. The molecule has 1 saturated heterocycles. The Morgan fingerprint density at radius 2 is 1.82 bits per heavy atom. The van der Waals surface area contributed by atoms with Crippen molar-refractivity contribution in [2.45, 2.75) is 45.5 Å². The number of fused-ring (bicyclic) bond motifs is 1. The van der Waals surface area contributed by atoms with Crippen LogP contribution in [0.25, 0.3) is 28.0 Å². The van der Waals surface area contributed by atoms with Crippen molar-refractivity contribution in [2.75, 3.05) is 23.7 Å². The van der Waals surface area contributed by atoms with E-state index in [1.807, 2.05) is 0 Å². The van der Waals surface area contributed by atoms with Crippen molar-refractivity contribution in [3.63, 3.8) is 0 Å². The lowest BCUT2D eigenvalue weighted by Gasteiger charge is -2.45. The summed E-state index contributed by atoms with van der Waals surface area (Å²) in [4.78, 5) is 32.2. The molecule has 14 heteroatoms. The van der Waals surface area contributed by atoms with Gasteiger partial charge in [0.25, 0.3) is 5.91 Å². The lowest BCUT2D eigenvalue weighted by Crippen LogP contribution is -2.64. The Balaban J connectivity index is 1.66. The minimum atomic E-state index is -4.58. The maximum Gasteiger partial charge on any atom is 0.410 e. The third kappa shape index (κ3) is 4.14. The van der Waals surface area contributed by atoms with Gasteiger partial charge in [-0.2, -0.15) is 23.4 Å². The van der Waals surface area contributed by atoms with Gasteiger partial charge in [0, 0.05) is 37.3 Å². The number of anilines is 2. The molecule has 1 unspecified atom stereocenters. The molecule has 0 saturated carbocycles. The molecular formula is C26H26F4N8O2. The number of hydrogen-bond donors (Lipinski definition) is 1. The highest BCUT2D eigenvalue weighted by Gasteiger charge is 2.44. The number of nitrogens with zero attached hydrogens (tertiary/aromatic N) is 7. The molecule has 0 radical (unpaired) electrons. The first-order valence-electron chi connectivity index (χ1n) is 12.4. The number of benzene rings is 1. The normalized spacial score (nSPS) is 16.6. The van der Waals surface area contributed by atoms with Crippen LogP contribution in [0.15, 0.2) is 42.9 Å². The molecular weight excluding hydrogens is 532 g/mol. The van der Waals surface area contributed by atoms with E-state index >= 15 is 4.39 Å². The predicted octanol–water partition coefficient (Wildman–Crippen LogP) is 4.08. The molecule has 2 N–H and O–H groups in total. The number of carbonyl (C=O) groups excluding carboxylic acids is 2. The van der Waals surface area contributed by atoms with Gasteiger partial charge in [-0.1, -0.05) is 6.07 Å². The molecule has 1 fully saturated rings. The third-order valence-corrected chi connectivity index (χ3v) is 7.29. The molecule has 0 spiro atoms. The molecule has 2 amide bonds. The van der Waals surface area contributed by atoms with Crippen LogP contribution >= 0.6 is 0 Å². The number of aromatic nitrogens is 5. The number of alkyl halides is 3. The van der Waals surface area contributed by atoms with E-state index < -0.39 is 29.5 Å². The van der Waals surface area contributed by atoms with Crippen molar-refractivity contribution in [2.24, 2.45) is 0 Å². The fourth-order valence-electron chi connectivity index (χ4n) is 5.16. The second kappa shape index (κ2) is 9.31. The minimum Gasteiger partial charge on any atom is -0.382 e. The monoisotopic (exact) mass is 558 g/mol. The zero-order chi connectivity index (χ0) is 29.1. The Labute approximate surface area is 226 Å². The molecule has 10 nitrogen and oxygen atoms in total. The molecule has 4 heterocycles. The molecule has 3 aromatic heterocycles. The standard InChI is InChI=1S/C26H26F4N8O2/c1-14(26(28,29)30)37-18(8-9-33-37)17-12-20(38-22(17)23(31)32-13-34-38)16-6-5-7-19(21(16)27)35-10-11-36(15(2)39)25(3,4)24(35)40/h5-9,12-14H,10-11H2,1-4H3,(H2,31,32,34). The van der Waals surface area contributed by atoms with Crippen molar-refractivity contribution in [3.8, 4) is 22.5 Å². The summed E-state index contributed by atoms with van der Waals surface area (Å²) in [6.07, 6.45) is -2.19. The van der Waals surface area contributed by atoms with E-state index in [9.17, 15) is 22.8 Å². The highest BCUT2D eigenvalue weighted by atomic mass is 19.4. The first kappa shape index (κ1) is 27.1. The number of halogens is 4. The van der Waals surface area contributed by atoms with Crippen LogP contribution in [0.1, 0.15) is 33.7 Å². The second-order valence-electron chi connectivity index (χ2n) is 10.1. The highest BCUT2D eigenvalue weighted by Crippen LogP contribution is 2.40. The van der Waals surface area contributed by atoms with E-state index in [4.69, 9.17) is 5.73 Å². The van der Waals surface area contributed by atoms with Crippen LogP contribution in [0.5, 0.6) is 0 Å². The van der Waals surface area contributed by atoms with Gasteiger partial charge in [-0.05, 0) is 45.0 Å². The Morgan fingerprint density at radius 3 is 2.50 bits per heavy atom. The van der Waals surface area contributed by atoms with Gasteiger partial charge in [-0.3, -0.25) is 14.3 Å². The van der Waals surface area contributed by atoms with Crippen LogP contribution in [0.3, 0.4) is 0 Å². The molecule has 40 heavy (non-hydrogen) atoms. The average molecular weight is 559 g/mol. The number of hydrogen-bond acceptors (Lipinski definition) is 6. The average Bonchev–Trinajstić information content (AvgIpc) is 3.50. The van der Waals surface area contributed by atoms with Crippen molar-refractivity contribution < 1.29 is 27.2 Å². The van der Waals surface area contributed by atoms with E-state index in [0.29, 0.717) is 0 Å². The van der Waals surface area contributed by atoms with Gasteiger partial charge in [0.05, 0.1) is 17.1 Å². The lowest BCUT2D eigenvalue weighted by molar-refractivity contribution is -0.165. The molecule has 0 aliphatic carbocycles. The quantitative estimate of drug-likeness (QED) is 0.378. The fourth-order valence-corrected chi connectivity index (χ4v) is 5.16. The number of nitrogen functional groups attached to an aromatic ring is 1. The summed E-state index contributed by atoms with van der Waals surface area (Å²) in [6.45, 7) is 5.83. The first-order chi connectivity index (χ1) is 18.7. The summed E-state index contributed by atoms with van der Waals surface area (Å²) in [5, 5.41) is 8.08. The molecule has 1 aliphatic rings. The summed E-state index contributed by atoms with van der Waals surface area (Å²) in [5.41, 5.74) is 5.62. The smallest absolute Gasteiger partial charge is 0.382 e. The number of rotatable bonds is 4. The van der Waals surface area contributed by atoms with Crippen molar-refractivity contribution in [1.82, 2.24) is 29.3 Å². The maximum absolute atomic E-state index is 16.2. The number of piperazine rings is 1. The van der Waals surface area contributed by atoms with E-state index in [1.165, 1.54) is 51.7 Å². The van der Waals surface area contributed by atoms with Gasteiger partial charge >= 0.3 is 6.18 Å². The van der Waals surface area contributed by atoms with Crippen molar-refractivity contribution in [3.05, 3.63) is 48.7 Å². The SMILES string of the molecule is CC(=O)N1CCN(c2cccc(-c3cc(-c4ccnn4C(C)C(F)(F)F)c4c(N)ncnn34)c2F)C(=O)C1(C)C. The van der Waals surface area contributed by atoms with Crippen molar-refractivity contribution >= 4 is 28.8 Å². The number of amides is 2. The lowest BCUT2D eigenvalue weighted by atomic mass is 9.96. The van der Waals surface area contributed by atoms with E-state index in [2.05, 4.69) is 15.2 Å². The molecule has 5 rings (SSSR count). The van der Waals surface area contributed by atoms with Gasteiger partial charge in [0.2, 0.25) is 5.91 Å². The van der Waals surface area contributed by atoms with Gasteiger partial charge in [-0.15, -0.1) is 0 Å². The van der Waals surface area contributed by atoms with Crippen molar-refractivity contribution in [1.29, 1.82) is 0 Å². The van der Waals surface area contributed by atoms with Crippen LogP contribution < -0.4 is 10.6 Å². The molecule has 210 valence electrons. The van der Waals surface area contributed by atoms with Crippen LogP contribution in [0, 0.1) is 5.82 Å². The Kier molecular flexibility index (Phi) is 6.31. The second-order valence-corrected chi connectivity index (χ2v) is 10.1. The Bertz CT molecular complexity index is 1640. The number of carbonyl (C=O) groups is 2. The highest BCUT2D eigenvalue weighted by molar-refractivity contribution is 6.03. The molecule has 1 aromatic carbocycles. The zero-order valence-corrected chi connectivity index (χ0v) is 22.1. The van der Waals surface area contributed by atoms with Gasteiger partial charge in [0.1, 0.15) is 23.4 Å². The third-order valence-electron chi connectivity index (χ3n) is 7.29. The van der Waals surface area contributed by atoms with Crippen LogP contribution in [0.4, 0.5) is 29.1 Å². The zero-order valence-electron chi connectivity index (χ0n) is 22.1. The van der Waals surface area contributed by atoms with Gasteiger partial charge < -0.3 is 15.5 Å². The van der Waals surface area contributed by atoms with E-state index in [1.54, 1.807) is 19.9 Å². The molecule has 1 aliphatic heterocycles. The summed E-state index contributed by atoms with van der Waals surface area (Å²) in [7, 11) is 0. The van der Waals surface area contributed by atoms with Crippen LogP contribution in [-0.4, -0.2) is 65.9 Å². The predicted molar refractivity (Wildman–Crippen MR) is 139 cm³/mol. The van der Waals surface area contributed by atoms with E-state index in [-0.39, 0.29) is 58.5 Å². The molecule has 4 aromatic rings. The van der Waals surface area contributed by atoms with Crippen LogP contribution in [0.2, 0.25) is 0 Å². The van der Waals surface area contributed by atoms with E-state index in [0.717, 1.165) is 17.9 Å². The molecule has 0 bridgehead atoms. The topological polar surface area (TPSA) is 115 Å². The van der Waals surface area contributed by atoms with Gasteiger partial charge in [0.15, 0.2) is 11.6 Å². The fraction of sp³-hybridized carbons (Fsp3) is 0.346. The number of nitrogens with two attached hydrogens (primary N) is 1. The summed E-state index contributed by atoms with van der Waals surface area (Å²) < 4.78 is 59.1. The minimum absolute atomic E-state index is 0.00644. The largest absolute Gasteiger partial charge is 0.410 e.